The van der Waals surface area contributed by atoms with Crippen LogP contribution in [-0.4, -0.2) is 9.91 Å². The highest BCUT2D eigenvalue weighted by Crippen LogP contribution is 2.31. The third-order valence-corrected chi connectivity index (χ3v) is 2.64. The highest BCUT2D eigenvalue weighted by Gasteiger charge is 2.15. The molecule has 2 rings (SSSR count). The Morgan fingerprint density at radius 1 is 1.18 bits per heavy atom. The second-order valence-electron chi connectivity index (χ2n) is 3.91. The molecule has 0 saturated heterocycles. The average Bonchev–Trinajstić information content (AvgIpc) is 2.29. The van der Waals surface area contributed by atoms with Crippen LogP contribution in [0.25, 0.3) is 11.1 Å². The molecular formula is C13H12N2O2. The Labute approximate surface area is 99.1 Å². The highest BCUT2D eigenvalue weighted by molar-refractivity contribution is 5.75. The number of para-hydroxylation sites is 1. The largest absolute Gasteiger partial charge is 0.277 e. The van der Waals surface area contributed by atoms with Crippen molar-refractivity contribution in [1.82, 2.24) is 4.98 Å². The van der Waals surface area contributed by atoms with E-state index in [2.05, 4.69) is 4.98 Å². The van der Waals surface area contributed by atoms with E-state index in [1.807, 2.05) is 19.9 Å². The standard InChI is InChI=1S/C13H12N2O2/c1-9-7-10(2)14-8-12(9)11-5-3-4-6-13(11)15(16)17/h3-8H,1-2H3. The third kappa shape index (κ3) is 2.15. The molecule has 0 bridgehead atoms. The summed E-state index contributed by atoms with van der Waals surface area (Å²) in [5, 5.41) is 11.0. The predicted molar refractivity (Wildman–Crippen MR) is 65.8 cm³/mol. The summed E-state index contributed by atoms with van der Waals surface area (Å²) >= 11 is 0. The summed E-state index contributed by atoms with van der Waals surface area (Å²) in [6.45, 7) is 3.83. The zero-order chi connectivity index (χ0) is 12.4. The van der Waals surface area contributed by atoms with E-state index in [1.165, 1.54) is 6.07 Å². The fourth-order valence-corrected chi connectivity index (χ4v) is 1.84. The quantitative estimate of drug-likeness (QED) is 0.585. The summed E-state index contributed by atoms with van der Waals surface area (Å²) in [6, 6.07) is 8.64. The monoisotopic (exact) mass is 228 g/mol. The minimum absolute atomic E-state index is 0.112. The lowest BCUT2D eigenvalue weighted by atomic mass is 10.0. The van der Waals surface area contributed by atoms with Crippen LogP contribution in [0.4, 0.5) is 5.69 Å². The molecule has 4 nitrogen and oxygen atoms in total. The van der Waals surface area contributed by atoms with E-state index in [9.17, 15) is 10.1 Å². The van der Waals surface area contributed by atoms with Crippen LogP contribution in [0.5, 0.6) is 0 Å². The maximum absolute atomic E-state index is 11.0. The maximum atomic E-state index is 11.0. The molecule has 17 heavy (non-hydrogen) atoms. The lowest BCUT2D eigenvalue weighted by Gasteiger charge is -2.06. The van der Waals surface area contributed by atoms with Crippen molar-refractivity contribution in [3.63, 3.8) is 0 Å². The summed E-state index contributed by atoms with van der Waals surface area (Å²) in [5.41, 5.74) is 3.43. The smallest absolute Gasteiger partial charge is 0.261 e. The number of rotatable bonds is 2. The molecular weight excluding hydrogens is 216 g/mol. The number of nitro groups is 1. The molecule has 0 N–H and O–H groups in total. The SMILES string of the molecule is Cc1cc(C)c(-c2ccccc2[N+](=O)[O-])cn1. The van der Waals surface area contributed by atoms with Gasteiger partial charge < -0.3 is 0 Å². The van der Waals surface area contributed by atoms with Crippen molar-refractivity contribution in [1.29, 1.82) is 0 Å². The first-order valence-corrected chi connectivity index (χ1v) is 5.26. The van der Waals surface area contributed by atoms with Crippen LogP contribution in [0.1, 0.15) is 11.3 Å². The van der Waals surface area contributed by atoms with E-state index in [0.29, 0.717) is 5.56 Å². The van der Waals surface area contributed by atoms with Crippen LogP contribution >= 0.6 is 0 Å². The van der Waals surface area contributed by atoms with E-state index < -0.39 is 0 Å². The molecule has 0 amide bonds. The minimum Gasteiger partial charge on any atom is -0.261 e. The Kier molecular flexibility index (Phi) is 2.87. The van der Waals surface area contributed by atoms with Gasteiger partial charge in [0, 0.05) is 23.5 Å². The van der Waals surface area contributed by atoms with Gasteiger partial charge >= 0.3 is 0 Å². The van der Waals surface area contributed by atoms with Gasteiger partial charge in [0.1, 0.15) is 0 Å². The Morgan fingerprint density at radius 2 is 1.88 bits per heavy atom. The van der Waals surface area contributed by atoms with E-state index in [-0.39, 0.29) is 10.6 Å². The molecule has 0 aliphatic carbocycles. The van der Waals surface area contributed by atoms with Crippen LogP contribution in [-0.2, 0) is 0 Å². The fourth-order valence-electron chi connectivity index (χ4n) is 1.84. The Bertz CT molecular complexity index is 579. The molecule has 0 saturated carbocycles. The van der Waals surface area contributed by atoms with Crippen molar-refractivity contribution in [3.8, 4) is 11.1 Å². The van der Waals surface area contributed by atoms with Gasteiger partial charge in [-0.3, -0.25) is 15.1 Å². The summed E-state index contributed by atoms with van der Waals surface area (Å²) in [4.78, 5) is 14.8. The number of aryl methyl sites for hydroxylation is 2. The molecule has 0 aliphatic rings. The number of aromatic nitrogens is 1. The maximum Gasteiger partial charge on any atom is 0.277 e. The van der Waals surface area contributed by atoms with Gasteiger partial charge in [-0.25, -0.2) is 0 Å². The number of hydrogen-bond acceptors (Lipinski definition) is 3. The van der Waals surface area contributed by atoms with Crippen molar-refractivity contribution in [2.75, 3.05) is 0 Å². The Balaban J connectivity index is 2.64. The average molecular weight is 228 g/mol. The van der Waals surface area contributed by atoms with Gasteiger partial charge in [0.15, 0.2) is 0 Å². The van der Waals surface area contributed by atoms with E-state index >= 15 is 0 Å². The Hall–Kier alpha value is -2.23. The first kappa shape index (κ1) is 11.3. The van der Waals surface area contributed by atoms with E-state index in [0.717, 1.165) is 16.8 Å². The number of nitro benzene ring substituents is 1. The van der Waals surface area contributed by atoms with Crippen molar-refractivity contribution in [3.05, 3.63) is 57.9 Å². The molecule has 0 radical (unpaired) electrons. The van der Waals surface area contributed by atoms with Gasteiger partial charge in [-0.05, 0) is 31.5 Å². The minimum atomic E-state index is -0.366. The molecule has 0 unspecified atom stereocenters. The lowest BCUT2D eigenvalue weighted by molar-refractivity contribution is -0.384. The fraction of sp³-hybridized carbons (Fsp3) is 0.154. The second-order valence-corrected chi connectivity index (χ2v) is 3.91. The summed E-state index contributed by atoms with van der Waals surface area (Å²) < 4.78 is 0. The zero-order valence-corrected chi connectivity index (χ0v) is 9.68. The third-order valence-electron chi connectivity index (χ3n) is 2.64. The predicted octanol–water partition coefficient (Wildman–Crippen LogP) is 3.27. The van der Waals surface area contributed by atoms with Crippen LogP contribution in [0.3, 0.4) is 0 Å². The van der Waals surface area contributed by atoms with Gasteiger partial charge in [0.2, 0.25) is 0 Å². The van der Waals surface area contributed by atoms with Crippen molar-refractivity contribution < 1.29 is 4.92 Å². The van der Waals surface area contributed by atoms with E-state index in [1.54, 1.807) is 24.4 Å². The molecule has 1 heterocycles. The highest BCUT2D eigenvalue weighted by atomic mass is 16.6. The van der Waals surface area contributed by atoms with Crippen molar-refractivity contribution in [2.24, 2.45) is 0 Å². The van der Waals surface area contributed by atoms with Gasteiger partial charge in [-0.15, -0.1) is 0 Å². The van der Waals surface area contributed by atoms with Crippen molar-refractivity contribution in [2.45, 2.75) is 13.8 Å². The molecule has 0 aliphatic heterocycles. The summed E-state index contributed by atoms with van der Waals surface area (Å²) in [5.74, 6) is 0. The van der Waals surface area contributed by atoms with Gasteiger partial charge in [-0.2, -0.15) is 0 Å². The van der Waals surface area contributed by atoms with E-state index in [4.69, 9.17) is 0 Å². The molecule has 0 fully saturated rings. The molecule has 0 atom stereocenters. The van der Waals surface area contributed by atoms with Crippen LogP contribution in [0, 0.1) is 24.0 Å². The van der Waals surface area contributed by atoms with Gasteiger partial charge in [-0.1, -0.05) is 12.1 Å². The van der Waals surface area contributed by atoms with Gasteiger partial charge in [0.25, 0.3) is 5.69 Å². The van der Waals surface area contributed by atoms with Crippen LogP contribution in [0.15, 0.2) is 36.5 Å². The summed E-state index contributed by atoms with van der Waals surface area (Å²) in [7, 11) is 0. The zero-order valence-electron chi connectivity index (χ0n) is 9.68. The van der Waals surface area contributed by atoms with Gasteiger partial charge in [0.05, 0.1) is 10.5 Å². The first-order chi connectivity index (χ1) is 8.09. The van der Waals surface area contributed by atoms with Crippen molar-refractivity contribution >= 4 is 5.69 Å². The van der Waals surface area contributed by atoms with Crippen LogP contribution < -0.4 is 0 Å². The topological polar surface area (TPSA) is 56.0 Å². The number of nitrogens with zero attached hydrogens (tertiary/aromatic N) is 2. The number of hydrogen-bond donors (Lipinski definition) is 0. The normalized spacial score (nSPS) is 10.2. The number of pyridine rings is 1. The molecule has 4 heteroatoms. The Morgan fingerprint density at radius 3 is 2.53 bits per heavy atom. The lowest BCUT2D eigenvalue weighted by Crippen LogP contribution is -1.94. The molecule has 2 aromatic rings. The number of benzene rings is 1. The molecule has 1 aromatic carbocycles. The first-order valence-electron chi connectivity index (χ1n) is 5.26. The molecule has 0 spiro atoms. The molecule has 86 valence electrons. The summed E-state index contributed by atoms with van der Waals surface area (Å²) in [6.07, 6.45) is 1.69. The molecule has 1 aromatic heterocycles. The van der Waals surface area contributed by atoms with Crippen LogP contribution in [0.2, 0.25) is 0 Å². The second kappa shape index (κ2) is 4.33.